The fourth-order valence-electron chi connectivity index (χ4n) is 3.87. The molecular formula is C30H24N2O6. The van der Waals surface area contributed by atoms with Gasteiger partial charge in [-0.25, -0.2) is 0 Å². The molecule has 38 heavy (non-hydrogen) atoms. The Labute approximate surface area is 219 Å². The Morgan fingerprint density at radius 3 is 1.00 bits per heavy atom. The van der Waals surface area contributed by atoms with E-state index < -0.39 is 9.85 Å². The average Bonchev–Trinajstić information content (AvgIpc) is 2.95. The highest BCUT2D eigenvalue weighted by molar-refractivity contribution is 5.84. The predicted molar refractivity (Wildman–Crippen MR) is 145 cm³/mol. The van der Waals surface area contributed by atoms with Gasteiger partial charge in [0.05, 0.1) is 21.0 Å². The lowest BCUT2D eigenvalue weighted by atomic mass is 10.1. The normalized spacial score (nSPS) is 12.1. The lowest BCUT2D eigenvalue weighted by Gasteiger charge is -2.15. The van der Waals surface area contributed by atoms with E-state index in [1.807, 2.05) is 0 Å². The summed E-state index contributed by atoms with van der Waals surface area (Å²) in [7, 11) is 0. The van der Waals surface area contributed by atoms with Crippen molar-refractivity contribution in [3.63, 3.8) is 0 Å². The average molecular weight is 509 g/mol. The van der Waals surface area contributed by atoms with Crippen molar-refractivity contribution in [2.45, 2.75) is 0 Å². The Morgan fingerprint density at radius 1 is 0.474 bits per heavy atom. The minimum atomic E-state index is -0.478. The summed E-state index contributed by atoms with van der Waals surface area (Å²) in [6, 6.07) is 34.5. The fraction of sp³-hybridized carbons (Fsp3) is 0.0667. The van der Waals surface area contributed by atoms with Gasteiger partial charge in [0.1, 0.15) is 13.2 Å². The van der Waals surface area contributed by atoms with Crippen LogP contribution in [0.3, 0.4) is 0 Å². The summed E-state index contributed by atoms with van der Waals surface area (Å²) >= 11 is 0. The molecule has 0 saturated carbocycles. The van der Waals surface area contributed by atoms with Gasteiger partial charge in [-0.05, 0) is 24.3 Å². The molecule has 0 amide bonds. The first-order chi connectivity index (χ1) is 18.6. The van der Waals surface area contributed by atoms with Crippen molar-refractivity contribution in [2.75, 3.05) is 13.2 Å². The SMILES string of the molecule is O=[N+]([O-])C(=C(OCCOC(=C(c1ccccc1)[N+](=O)[O-])c1ccccc1)c1ccccc1)c1ccccc1. The zero-order chi connectivity index (χ0) is 26.7. The molecule has 0 N–H and O–H groups in total. The van der Waals surface area contributed by atoms with Gasteiger partial charge in [-0.1, -0.05) is 97.1 Å². The van der Waals surface area contributed by atoms with E-state index in [0.29, 0.717) is 22.3 Å². The van der Waals surface area contributed by atoms with Crippen LogP contribution in [0.25, 0.3) is 22.9 Å². The molecule has 4 aromatic carbocycles. The van der Waals surface area contributed by atoms with E-state index in [-0.39, 0.29) is 36.1 Å². The van der Waals surface area contributed by atoms with Crippen molar-refractivity contribution >= 4 is 22.9 Å². The molecule has 0 aliphatic rings. The van der Waals surface area contributed by atoms with Crippen LogP contribution in [0.5, 0.6) is 0 Å². The van der Waals surface area contributed by atoms with Gasteiger partial charge in [-0.15, -0.1) is 0 Å². The summed E-state index contributed by atoms with van der Waals surface area (Å²) in [5.41, 5.74) is 1.45. The molecule has 0 aromatic heterocycles. The van der Waals surface area contributed by atoms with Crippen molar-refractivity contribution in [3.05, 3.63) is 164 Å². The molecule has 0 atom stereocenters. The van der Waals surface area contributed by atoms with E-state index in [2.05, 4.69) is 0 Å². The van der Waals surface area contributed by atoms with E-state index in [9.17, 15) is 20.2 Å². The van der Waals surface area contributed by atoms with Crippen molar-refractivity contribution in [3.8, 4) is 0 Å². The second-order valence-corrected chi connectivity index (χ2v) is 8.03. The molecule has 0 radical (unpaired) electrons. The summed E-state index contributed by atoms with van der Waals surface area (Å²) in [6.07, 6.45) is 0. The van der Waals surface area contributed by atoms with Gasteiger partial charge < -0.3 is 9.47 Å². The van der Waals surface area contributed by atoms with E-state index >= 15 is 0 Å². The van der Waals surface area contributed by atoms with Crippen molar-refractivity contribution in [1.29, 1.82) is 0 Å². The lowest BCUT2D eigenvalue weighted by molar-refractivity contribution is -0.376. The molecule has 0 saturated heterocycles. The molecule has 190 valence electrons. The molecule has 0 aliphatic carbocycles. The minimum Gasteiger partial charge on any atom is -0.483 e. The molecule has 0 aliphatic heterocycles. The van der Waals surface area contributed by atoms with Gasteiger partial charge in [-0.2, -0.15) is 0 Å². The molecule has 4 rings (SSSR count). The summed E-state index contributed by atoms with van der Waals surface area (Å²) in [5.74, 6) is 0.154. The predicted octanol–water partition coefficient (Wildman–Crippen LogP) is 6.63. The van der Waals surface area contributed by atoms with Gasteiger partial charge in [0.2, 0.25) is 11.5 Å². The second kappa shape index (κ2) is 12.6. The molecule has 8 heteroatoms. The molecule has 0 unspecified atom stereocenters. The molecule has 0 heterocycles. The number of ether oxygens (including phenoxy) is 2. The number of rotatable bonds is 11. The highest BCUT2D eigenvalue weighted by Crippen LogP contribution is 2.30. The van der Waals surface area contributed by atoms with Gasteiger partial charge in [0.25, 0.3) is 0 Å². The van der Waals surface area contributed by atoms with Crippen LogP contribution in [0, 0.1) is 20.2 Å². The molecule has 0 fully saturated rings. The number of nitrogens with zero attached hydrogens (tertiary/aromatic N) is 2. The molecule has 8 nitrogen and oxygen atoms in total. The highest BCUT2D eigenvalue weighted by atomic mass is 16.6. The van der Waals surface area contributed by atoms with Crippen molar-refractivity contribution in [2.24, 2.45) is 0 Å². The third-order valence-corrected chi connectivity index (χ3v) is 5.54. The van der Waals surface area contributed by atoms with E-state index in [1.54, 1.807) is 121 Å². The van der Waals surface area contributed by atoms with Crippen molar-refractivity contribution in [1.82, 2.24) is 0 Å². The van der Waals surface area contributed by atoms with E-state index in [0.717, 1.165) is 0 Å². The molecule has 0 bridgehead atoms. The first-order valence-corrected chi connectivity index (χ1v) is 11.8. The largest absolute Gasteiger partial charge is 0.483 e. The summed E-state index contributed by atoms with van der Waals surface area (Å²) in [4.78, 5) is 23.3. The van der Waals surface area contributed by atoms with E-state index in [4.69, 9.17) is 9.47 Å². The summed E-state index contributed by atoms with van der Waals surface area (Å²) in [5, 5.41) is 24.2. The second-order valence-electron chi connectivity index (χ2n) is 8.03. The summed E-state index contributed by atoms with van der Waals surface area (Å²) < 4.78 is 11.9. The van der Waals surface area contributed by atoms with Gasteiger partial charge in [-0.3, -0.25) is 20.2 Å². The maximum atomic E-state index is 12.1. The minimum absolute atomic E-state index is 0.0770. The van der Waals surface area contributed by atoms with Crippen LogP contribution in [0.1, 0.15) is 22.3 Å². The standard InChI is InChI=1S/C30H24N2O6/c33-31(34)27(23-13-5-1-6-14-23)29(25-17-9-3-10-18-25)37-21-22-38-30(26-19-11-4-12-20-26)28(32(35)36)24-15-7-2-8-16-24/h1-20H,21-22H2. The Hall–Kier alpha value is -5.24. The zero-order valence-corrected chi connectivity index (χ0v) is 20.3. The summed E-state index contributed by atoms with van der Waals surface area (Å²) in [6.45, 7) is -0.185. The third-order valence-electron chi connectivity index (χ3n) is 5.54. The molecular weight excluding hydrogens is 484 g/mol. The first kappa shape index (κ1) is 25.8. The van der Waals surface area contributed by atoms with Gasteiger partial charge in [0.15, 0.2) is 0 Å². The maximum Gasteiger partial charge on any atom is 0.318 e. The smallest absolute Gasteiger partial charge is 0.318 e. The van der Waals surface area contributed by atoms with Crippen molar-refractivity contribution < 1.29 is 19.3 Å². The lowest BCUT2D eigenvalue weighted by Crippen LogP contribution is -2.11. The number of benzene rings is 4. The Bertz CT molecular complexity index is 1320. The Balaban J connectivity index is 1.66. The third kappa shape index (κ3) is 6.30. The van der Waals surface area contributed by atoms with Crippen LogP contribution in [-0.2, 0) is 9.47 Å². The van der Waals surface area contributed by atoms with E-state index in [1.165, 1.54) is 0 Å². The van der Waals surface area contributed by atoms with Crippen LogP contribution in [-0.4, -0.2) is 23.1 Å². The first-order valence-electron chi connectivity index (χ1n) is 11.8. The molecule has 0 spiro atoms. The van der Waals surface area contributed by atoms with Crippen LogP contribution in [0.2, 0.25) is 0 Å². The number of hydrogen-bond acceptors (Lipinski definition) is 6. The number of nitro groups is 2. The maximum absolute atomic E-state index is 12.1. The monoisotopic (exact) mass is 508 g/mol. The quantitative estimate of drug-likeness (QED) is 0.0741. The zero-order valence-electron chi connectivity index (χ0n) is 20.3. The topological polar surface area (TPSA) is 105 Å². The van der Waals surface area contributed by atoms with Crippen LogP contribution < -0.4 is 0 Å². The number of hydrogen-bond donors (Lipinski definition) is 0. The van der Waals surface area contributed by atoms with Gasteiger partial charge in [0, 0.05) is 11.1 Å². The van der Waals surface area contributed by atoms with Gasteiger partial charge >= 0.3 is 11.4 Å². The Kier molecular flexibility index (Phi) is 8.60. The fourth-order valence-corrected chi connectivity index (χ4v) is 3.87. The van der Waals surface area contributed by atoms with Crippen LogP contribution in [0.4, 0.5) is 0 Å². The highest BCUT2D eigenvalue weighted by Gasteiger charge is 2.26. The van der Waals surface area contributed by atoms with Crippen LogP contribution >= 0.6 is 0 Å². The Morgan fingerprint density at radius 2 is 0.737 bits per heavy atom. The van der Waals surface area contributed by atoms with Crippen LogP contribution in [0.15, 0.2) is 121 Å². The molecule has 4 aromatic rings.